The van der Waals surface area contributed by atoms with Gasteiger partial charge in [-0.25, -0.2) is 4.79 Å². The largest absolute Gasteiger partial charge is 0.480 e. The van der Waals surface area contributed by atoms with E-state index in [1.54, 1.807) is 24.5 Å². The Morgan fingerprint density at radius 1 is 1.35 bits per heavy atom. The number of hydrogen-bond acceptors (Lipinski definition) is 6. The Morgan fingerprint density at radius 3 is 2.82 bits per heavy atom. The van der Waals surface area contributed by atoms with Gasteiger partial charge in [-0.2, -0.15) is 0 Å². The summed E-state index contributed by atoms with van der Waals surface area (Å²) in [6.45, 7) is -0.419. The highest BCUT2D eigenvalue weighted by atomic mass is 16.5. The van der Waals surface area contributed by atoms with E-state index in [2.05, 4.69) is 15.2 Å². The SMILES string of the molecule is O=C(O)COCc1nnc(-c2ccncc2)o1. The zero-order valence-electron chi connectivity index (χ0n) is 8.74. The molecule has 2 aromatic heterocycles. The summed E-state index contributed by atoms with van der Waals surface area (Å²) < 4.78 is 10.1. The van der Waals surface area contributed by atoms with Gasteiger partial charge in [-0.15, -0.1) is 10.2 Å². The lowest BCUT2D eigenvalue weighted by Crippen LogP contribution is -2.06. The van der Waals surface area contributed by atoms with Crippen LogP contribution in [0.5, 0.6) is 0 Å². The quantitative estimate of drug-likeness (QED) is 0.815. The van der Waals surface area contributed by atoms with Crippen molar-refractivity contribution < 1.29 is 19.1 Å². The predicted octanol–water partition coefficient (Wildman–Crippen LogP) is 0.733. The highest BCUT2D eigenvalue weighted by molar-refractivity contribution is 5.67. The van der Waals surface area contributed by atoms with Gasteiger partial charge in [0.15, 0.2) is 0 Å². The molecule has 2 heterocycles. The number of rotatable bonds is 5. The molecule has 0 atom stereocenters. The number of carbonyl (C=O) groups is 1. The fourth-order valence-corrected chi connectivity index (χ4v) is 1.15. The van der Waals surface area contributed by atoms with Crippen LogP contribution in [0, 0.1) is 0 Å². The molecule has 0 aromatic carbocycles. The lowest BCUT2D eigenvalue weighted by molar-refractivity contribution is -0.142. The number of carboxylic acids is 1. The van der Waals surface area contributed by atoms with Gasteiger partial charge < -0.3 is 14.3 Å². The summed E-state index contributed by atoms with van der Waals surface area (Å²) in [4.78, 5) is 14.1. The molecule has 0 spiro atoms. The molecule has 7 nitrogen and oxygen atoms in total. The minimum Gasteiger partial charge on any atom is -0.480 e. The molecule has 0 saturated heterocycles. The molecular formula is C10H9N3O4. The van der Waals surface area contributed by atoms with Crippen molar-refractivity contribution in [3.63, 3.8) is 0 Å². The van der Waals surface area contributed by atoms with E-state index in [9.17, 15) is 4.79 Å². The second kappa shape index (κ2) is 5.17. The molecule has 2 aromatic rings. The van der Waals surface area contributed by atoms with Crippen molar-refractivity contribution in [2.75, 3.05) is 6.61 Å². The highest BCUT2D eigenvalue weighted by Crippen LogP contribution is 2.16. The van der Waals surface area contributed by atoms with Gasteiger partial charge in [-0.3, -0.25) is 4.98 Å². The number of aromatic nitrogens is 3. The van der Waals surface area contributed by atoms with E-state index in [0.717, 1.165) is 5.56 Å². The predicted molar refractivity (Wildman–Crippen MR) is 54.8 cm³/mol. The molecule has 0 aliphatic carbocycles. The number of ether oxygens (including phenoxy) is 1. The van der Waals surface area contributed by atoms with Gasteiger partial charge in [0.25, 0.3) is 0 Å². The average molecular weight is 235 g/mol. The fourth-order valence-electron chi connectivity index (χ4n) is 1.15. The van der Waals surface area contributed by atoms with Gasteiger partial charge >= 0.3 is 5.97 Å². The van der Waals surface area contributed by atoms with E-state index >= 15 is 0 Å². The van der Waals surface area contributed by atoms with Crippen molar-refractivity contribution in [2.24, 2.45) is 0 Å². The lowest BCUT2D eigenvalue weighted by atomic mass is 10.3. The van der Waals surface area contributed by atoms with Crippen LogP contribution in [-0.2, 0) is 16.1 Å². The molecule has 1 N–H and O–H groups in total. The van der Waals surface area contributed by atoms with Crippen LogP contribution < -0.4 is 0 Å². The maximum atomic E-state index is 10.2. The van der Waals surface area contributed by atoms with E-state index in [1.165, 1.54) is 0 Å². The zero-order chi connectivity index (χ0) is 12.1. The van der Waals surface area contributed by atoms with Crippen LogP contribution in [0.4, 0.5) is 0 Å². The third-order valence-corrected chi connectivity index (χ3v) is 1.85. The standard InChI is InChI=1S/C10H9N3O4/c14-9(15)6-16-5-8-12-13-10(17-8)7-1-3-11-4-2-7/h1-4H,5-6H2,(H,14,15). The molecule has 0 unspecified atom stereocenters. The van der Waals surface area contributed by atoms with Crippen molar-refractivity contribution in [1.82, 2.24) is 15.2 Å². The zero-order valence-corrected chi connectivity index (χ0v) is 8.74. The van der Waals surface area contributed by atoms with E-state index < -0.39 is 12.6 Å². The smallest absolute Gasteiger partial charge is 0.329 e. The van der Waals surface area contributed by atoms with Crippen LogP contribution in [0.2, 0.25) is 0 Å². The number of pyridine rings is 1. The number of nitrogens with zero attached hydrogens (tertiary/aromatic N) is 3. The van der Waals surface area contributed by atoms with Crippen LogP contribution >= 0.6 is 0 Å². The summed E-state index contributed by atoms with van der Waals surface area (Å²) >= 11 is 0. The maximum absolute atomic E-state index is 10.2. The van der Waals surface area contributed by atoms with Gasteiger partial charge in [0.1, 0.15) is 13.2 Å². The fraction of sp³-hybridized carbons (Fsp3) is 0.200. The molecule has 2 rings (SSSR count). The maximum Gasteiger partial charge on any atom is 0.329 e. The summed E-state index contributed by atoms with van der Waals surface area (Å²) in [5.41, 5.74) is 0.747. The molecule has 0 radical (unpaired) electrons. The first kappa shape index (κ1) is 11.2. The molecule has 7 heteroatoms. The van der Waals surface area contributed by atoms with Crippen molar-refractivity contribution in [2.45, 2.75) is 6.61 Å². The van der Waals surface area contributed by atoms with Crippen molar-refractivity contribution >= 4 is 5.97 Å². The molecule has 0 fully saturated rings. The van der Waals surface area contributed by atoms with Gasteiger partial charge in [-0.05, 0) is 12.1 Å². The first-order valence-electron chi connectivity index (χ1n) is 4.78. The lowest BCUT2D eigenvalue weighted by Gasteiger charge is -1.95. The number of carboxylic acid groups (broad SMARTS) is 1. The molecule has 0 amide bonds. The Balaban J connectivity index is 1.99. The normalized spacial score (nSPS) is 10.4. The molecule has 17 heavy (non-hydrogen) atoms. The third kappa shape index (κ3) is 3.08. The van der Waals surface area contributed by atoms with Crippen LogP contribution in [0.15, 0.2) is 28.9 Å². The van der Waals surface area contributed by atoms with Crippen molar-refractivity contribution in [3.05, 3.63) is 30.4 Å². The second-order valence-corrected chi connectivity index (χ2v) is 3.12. The monoisotopic (exact) mass is 235 g/mol. The Bertz CT molecular complexity index is 497. The Labute approximate surface area is 96.1 Å². The van der Waals surface area contributed by atoms with E-state index in [0.29, 0.717) is 5.89 Å². The Morgan fingerprint density at radius 2 is 2.12 bits per heavy atom. The van der Waals surface area contributed by atoms with Crippen molar-refractivity contribution in [3.8, 4) is 11.5 Å². The summed E-state index contributed by atoms with van der Waals surface area (Å²) in [6, 6.07) is 3.46. The third-order valence-electron chi connectivity index (χ3n) is 1.85. The molecule has 0 aliphatic rings. The van der Waals surface area contributed by atoms with Gasteiger partial charge in [0, 0.05) is 18.0 Å². The summed E-state index contributed by atoms with van der Waals surface area (Å²) in [5.74, 6) is -0.460. The summed E-state index contributed by atoms with van der Waals surface area (Å²) in [5, 5.41) is 15.9. The minimum atomic E-state index is -1.04. The topological polar surface area (TPSA) is 98.3 Å². The summed E-state index contributed by atoms with van der Waals surface area (Å²) in [6.07, 6.45) is 3.22. The van der Waals surface area contributed by atoms with Gasteiger partial charge in [-0.1, -0.05) is 0 Å². The van der Waals surface area contributed by atoms with Crippen LogP contribution in [0.3, 0.4) is 0 Å². The highest BCUT2D eigenvalue weighted by Gasteiger charge is 2.08. The first-order valence-corrected chi connectivity index (χ1v) is 4.78. The van der Waals surface area contributed by atoms with E-state index in [4.69, 9.17) is 14.3 Å². The van der Waals surface area contributed by atoms with E-state index in [1.807, 2.05) is 0 Å². The average Bonchev–Trinajstić information content (AvgIpc) is 2.78. The second-order valence-electron chi connectivity index (χ2n) is 3.12. The van der Waals surface area contributed by atoms with E-state index in [-0.39, 0.29) is 12.5 Å². The van der Waals surface area contributed by atoms with Crippen molar-refractivity contribution in [1.29, 1.82) is 0 Å². The van der Waals surface area contributed by atoms with Crippen LogP contribution in [-0.4, -0.2) is 32.9 Å². The van der Waals surface area contributed by atoms with Gasteiger partial charge in [0.2, 0.25) is 11.8 Å². The molecule has 0 bridgehead atoms. The molecule has 0 saturated carbocycles. The number of hydrogen-bond donors (Lipinski definition) is 1. The first-order chi connectivity index (χ1) is 8.25. The Hall–Kier alpha value is -2.28. The Kier molecular flexibility index (Phi) is 3.41. The molecule has 88 valence electrons. The number of aliphatic carboxylic acids is 1. The summed E-state index contributed by atoms with van der Waals surface area (Å²) in [7, 11) is 0. The molecule has 0 aliphatic heterocycles. The van der Waals surface area contributed by atoms with Gasteiger partial charge in [0.05, 0.1) is 0 Å². The van der Waals surface area contributed by atoms with Crippen LogP contribution in [0.25, 0.3) is 11.5 Å². The minimum absolute atomic E-state index is 0.0234. The van der Waals surface area contributed by atoms with Crippen LogP contribution in [0.1, 0.15) is 5.89 Å². The molecular weight excluding hydrogens is 226 g/mol.